The van der Waals surface area contributed by atoms with Gasteiger partial charge in [-0.25, -0.2) is 9.07 Å². The molecule has 138 valence electrons. The van der Waals surface area contributed by atoms with Gasteiger partial charge in [0.05, 0.1) is 5.69 Å². The van der Waals surface area contributed by atoms with E-state index in [1.807, 2.05) is 0 Å². The van der Waals surface area contributed by atoms with Gasteiger partial charge in [0, 0.05) is 18.0 Å². The van der Waals surface area contributed by atoms with E-state index in [9.17, 15) is 19.1 Å². The van der Waals surface area contributed by atoms with Gasteiger partial charge in [-0.15, -0.1) is 0 Å². The van der Waals surface area contributed by atoms with E-state index >= 15 is 0 Å². The first kappa shape index (κ1) is 18.3. The first-order chi connectivity index (χ1) is 12.8. The molecule has 0 fully saturated rings. The van der Waals surface area contributed by atoms with E-state index in [-0.39, 0.29) is 17.7 Å². The molecular weight excluding hydrogens is 349 g/mol. The monoisotopic (exact) mass is 367 g/mol. The van der Waals surface area contributed by atoms with Gasteiger partial charge in [-0.05, 0) is 55.3 Å². The van der Waals surface area contributed by atoms with Crippen LogP contribution in [0, 0.1) is 5.82 Å². The highest BCUT2D eigenvalue weighted by Gasteiger charge is 2.45. The second-order valence-electron chi connectivity index (χ2n) is 6.28. The molecule has 3 rings (SSSR count). The van der Waals surface area contributed by atoms with Gasteiger partial charge in [0.2, 0.25) is 5.91 Å². The standard InChI is InChI=1S/C20H18FN3O3/c1-13(25)20(19(22)27,17-11-16(26)7-8-18(17)21)12-14-3-5-15(6-4-14)24-10-2-9-23-24/h2-11,26H,12H2,1H3,(H2,22,27). The number of carbonyl (C=O) groups excluding carboxylic acids is 2. The Bertz CT molecular complexity index is 968. The molecule has 1 unspecified atom stereocenters. The maximum Gasteiger partial charge on any atom is 0.236 e. The fourth-order valence-electron chi connectivity index (χ4n) is 3.14. The van der Waals surface area contributed by atoms with E-state index in [1.54, 1.807) is 47.4 Å². The Kier molecular flexibility index (Phi) is 4.77. The minimum absolute atomic E-state index is 0.128. The summed E-state index contributed by atoms with van der Waals surface area (Å²) in [7, 11) is 0. The molecule has 1 aromatic heterocycles. The topological polar surface area (TPSA) is 98.2 Å². The molecule has 0 radical (unpaired) electrons. The van der Waals surface area contributed by atoms with Crippen molar-refractivity contribution in [3.63, 3.8) is 0 Å². The maximum absolute atomic E-state index is 14.5. The molecule has 7 heteroatoms. The zero-order valence-electron chi connectivity index (χ0n) is 14.6. The van der Waals surface area contributed by atoms with E-state index in [1.165, 1.54) is 6.92 Å². The van der Waals surface area contributed by atoms with E-state index in [2.05, 4.69) is 5.10 Å². The molecule has 0 aliphatic rings. The average molecular weight is 367 g/mol. The Morgan fingerprint density at radius 3 is 2.48 bits per heavy atom. The van der Waals surface area contributed by atoms with Crippen molar-refractivity contribution in [1.82, 2.24) is 9.78 Å². The SMILES string of the molecule is CC(=O)C(Cc1ccc(-n2cccn2)cc1)(C(N)=O)c1cc(O)ccc1F. The van der Waals surface area contributed by atoms with Crippen molar-refractivity contribution in [2.45, 2.75) is 18.8 Å². The van der Waals surface area contributed by atoms with Crippen molar-refractivity contribution >= 4 is 11.7 Å². The summed E-state index contributed by atoms with van der Waals surface area (Å²) in [5.41, 5.74) is 4.80. The molecule has 0 aliphatic carbocycles. The molecule has 1 heterocycles. The van der Waals surface area contributed by atoms with E-state index in [4.69, 9.17) is 5.73 Å². The highest BCUT2D eigenvalue weighted by molar-refractivity contribution is 6.10. The van der Waals surface area contributed by atoms with Crippen LogP contribution in [0.3, 0.4) is 0 Å². The molecule has 3 aromatic rings. The number of rotatable bonds is 6. The number of benzene rings is 2. The number of amides is 1. The zero-order chi connectivity index (χ0) is 19.6. The number of aromatic nitrogens is 2. The second-order valence-corrected chi connectivity index (χ2v) is 6.28. The van der Waals surface area contributed by atoms with Crippen LogP contribution < -0.4 is 5.73 Å². The summed E-state index contributed by atoms with van der Waals surface area (Å²) in [6.45, 7) is 1.19. The number of primary amides is 1. The predicted molar refractivity (Wildman–Crippen MR) is 96.9 cm³/mol. The first-order valence-electron chi connectivity index (χ1n) is 8.23. The quantitative estimate of drug-likeness (QED) is 0.653. The van der Waals surface area contributed by atoms with Crippen LogP contribution in [0.25, 0.3) is 5.69 Å². The number of nitrogens with zero attached hydrogens (tertiary/aromatic N) is 2. The molecule has 0 saturated heterocycles. The number of nitrogens with two attached hydrogens (primary N) is 1. The lowest BCUT2D eigenvalue weighted by atomic mass is 9.71. The van der Waals surface area contributed by atoms with Gasteiger partial charge >= 0.3 is 0 Å². The van der Waals surface area contributed by atoms with Crippen molar-refractivity contribution in [3.8, 4) is 11.4 Å². The molecule has 0 aliphatic heterocycles. The van der Waals surface area contributed by atoms with Gasteiger partial charge in [0.15, 0.2) is 0 Å². The van der Waals surface area contributed by atoms with Gasteiger partial charge in [0.25, 0.3) is 0 Å². The van der Waals surface area contributed by atoms with Crippen LogP contribution >= 0.6 is 0 Å². The number of phenols is 1. The molecular formula is C20H18FN3O3. The minimum atomic E-state index is -1.92. The Morgan fingerprint density at radius 2 is 1.93 bits per heavy atom. The molecule has 27 heavy (non-hydrogen) atoms. The summed E-state index contributed by atoms with van der Waals surface area (Å²) in [5, 5.41) is 13.9. The number of carbonyl (C=O) groups is 2. The minimum Gasteiger partial charge on any atom is -0.508 e. The summed E-state index contributed by atoms with van der Waals surface area (Å²) in [5.74, 6) is -2.62. The number of halogens is 1. The Morgan fingerprint density at radius 1 is 1.22 bits per heavy atom. The third-order valence-corrected chi connectivity index (χ3v) is 4.61. The molecule has 2 aromatic carbocycles. The summed E-state index contributed by atoms with van der Waals surface area (Å²) in [4.78, 5) is 24.8. The highest BCUT2D eigenvalue weighted by atomic mass is 19.1. The molecule has 0 spiro atoms. The molecule has 0 bridgehead atoms. The van der Waals surface area contributed by atoms with Crippen molar-refractivity contribution in [1.29, 1.82) is 0 Å². The van der Waals surface area contributed by atoms with Crippen LogP contribution in [0.15, 0.2) is 60.9 Å². The number of ketones is 1. The smallest absolute Gasteiger partial charge is 0.236 e. The van der Waals surface area contributed by atoms with Crippen molar-refractivity contribution in [3.05, 3.63) is 77.9 Å². The number of phenolic OH excluding ortho intramolecular Hbond substituents is 1. The maximum atomic E-state index is 14.5. The lowest BCUT2D eigenvalue weighted by Crippen LogP contribution is -2.49. The van der Waals surface area contributed by atoms with Crippen LogP contribution in [0.2, 0.25) is 0 Å². The van der Waals surface area contributed by atoms with Crippen LogP contribution in [0.1, 0.15) is 18.1 Å². The second kappa shape index (κ2) is 7.03. The van der Waals surface area contributed by atoms with Crippen LogP contribution in [-0.2, 0) is 21.4 Å². The zero-order valence-corrected chi connectivity index (χ0v) is 14.6. The lowest BCUT2D eigenvalue weighted by Gasteiger charge is -2.29. The van der Waals surface area contributed by atoms with Gasteiger partial charge in [-0.3, -0.25) is 9.59 Å². The normalized spacial score (nSPS) is 13.1. The summed E-state index contributed by atoms with van der Waals surface area (Å²) in [6, 6.07) is 12.0. The van der Waals surface area contributed by atoms with Gasteiger partial charge in [-0.1, -0.05) is 12.1 Å². The van der Waals surface area contributed by atoms with Crippen LogP contribution in [0.4, 0.5) is 4.39 Å². The van der Waals surface area contributed by atoms with Crippen molar-refractivity contribution in [2.75, 3.05) is 0 Å². The number of aromatic hydroxyl groups is 1. The molecule has 6 nitrogen and oxygen atoms in total. The molecule has 0 saturated carbocycles. The third-order valence-electron chi connectivity index (χ3n) is 4.61. The molecule has 1 atom stereocenters. The largest absolute Gasteiger partial charge is 0.508 e. The number of hydrogen-bond acceptors (Lipinski definition) is 4. The Balaban J connectivity index is 2.06. The van der Waals surface area contributed by atoms with Crippen LogP contribution in [-0.4, -0.2) is 26.6 Å². The van der Waals surface area contributed by atoms with Gasteiger partial charge < -0.3 is 10.8 Å². The highest BCUT2D eigenvalue weighted by Crippen LogP contribution is 2.34. The third kappa shape index (κ3) is 3.31. The van der Waals surface area contributed by atoms with E-state index in [0.29, 0.717) is 5.56 Å². The number of Topliss-reactive ketones (excluding diaryl/α,β-unsaturated/α-hetero) is 1. The van der Waals surface area contributed by atoms with E-state index in [0.717, 1.165) is 23.9 Å². The number of hydrogen-bond donors (Lipinski definition) is 2. The van der Waals surface area contributed by atoms with Gasteiger partial charge in [0.1, 0.15) is 22.8 Å². The van der Waals surface area contributed by atoms with Crippen molar-refractivity contribution in [2.24, 2.45) is 5.73 Å². The average Bonchev–Trinajstić information content (AvgIpc) is 3.16. The summed E-state index contributed by atoms with van der Waals surface area (Å²) in [6.07, 6.45) is 3.30. The first-order valence-corrected chi connectivity index (χ1v) is 8.23. The fourth-order valence-corrected chi connectivity index (χ4v) is 3.14. The van der Waals surface area contributed by atoms with E-state index < -0.39 is 22.9 Å². The summed E-state index contributed by atoms with van der Waals surface area (Å²) >= 11 is 0. The van der Waals surface area contributed by atoms with Crippen LogP contribution in [0.5, 0.6) is 5.75 Å². The lowest BCUT2D eigenvalue weighted by molar-refractivity contribution is -0.133. The Labute approximate surface area is 155 Å². The predicted octanol–water partition coefficient (Wildman–Crippen LogP) is 2.27. The Hall–Kier alpha value is -3.48. The fraction of sp³-hybridized carbons (Fsp3) is 0.150. The van der Waals surface area contributed by atoms with Gasteiger partial charge in [-0.2, -0.15) is 5.10 Å². The molecule has 3 N–H and O–H groups in total. The molecule has 1 amide bonds. The van der Waals surface area contributed by atoms with Crippen molar-refractivity contribution < 1.29 is 19.1 Å². The summed E-state index contributed by atoms with van der Waals surface area (Å²) < 4.78 is 16.1.